The second-order valence-corrected chi connectivity index (χ2v) is 18.3. The van der Waals surface area contributed by atoms with Gasteiger partial charge in [0.25, 0.3) is 11.5 Å². The number of hydrogen-bond donors (Lipinski definition) is 2. The highest BCUT2D eigenvalue weighted by atomic mass is 28.4. The van der Waals surface area contributed by atoms with E-state index in [1.54, 1.807) is 28.7 Å². The summed E-state index contributed by atoms with van der Waals surface area (Å²) in [6.07, 6.45) is 1.72. The molecule has 2 N–H and O–H groups in total. The van der Waals surface area contributed by atoms with Gasteiger partial charge in [-0.25, -0.2) is 4.68 Å². The number of H-pyrrole nitrogens is 1. The molecule has 8 rings (SSSR count). The number of aliphatic hydroxyl groups is 1. The van der Waals surface area contributed by atoms with Crippen molar-refractivity contribution in [2.75, 3.05) is 11.5 Å². The third kappa shape index (κ3) is 5.62. The SMILES string of the molecule is C[C@H]1[C@H]([Si](C)(C)F)[C@@H](CCn2cc(C(CO)c3ccccc3)nn2)O[C@]12C(=O)N(Cc1cccc(-n3[nH]c4ccccc4c3=O)c1)c1ccccc12. The number of aliphatic hydroxyl groups excluding tert-OH is 1. The molecule has 5 atom stereocenters. The predicted molar refractivity (Wildman–Crippen MR) is 200 cm³/mol. The van der Waals surface area contributed by atoms with Crippen molar-refractivity contribution in [2.24, 2.45) is 5.92 Å². The molecular weight excluding hydrogens is 676 g/mol. The van der Waals surface area contributed by atoms with Crippen molar-refractivity contribution in [1.29, 1.82) is 0 Å². The monoisotopic (exact) mass is 716 g/mol. The molecule has 266 valence electrons. The number of rotatable bonds is 10. The average molecular weight is 717 g/mol. The summed E-state index contributed by atoms with van der Waals surface area (Å²) in [7, 11) is -3.37. The molecule has 4 heterocycles. The summed E-state index contributed by atoms with van der Waals surface area (Å²) in [6.45, 7) is 5.90. The molecule has 12 heteroatoms. The van der Waals surface area contributed by atoms with E-state index in [1.807, 2.05) is 110 Å². The van der Waals surface area contributed by atoms with Crippen molar-refractivity contribution in [2.45, 2.75) is 62.7 Å². The van der Waals surface area contributed by atoms with Gasteiger partial charge in [0.15, 0.2) is 5.60 Å². The molecule has 2 aromatic heterocycles. The van der Waals surface area contributed by atoms with E-state index in [-0.39, 0.29) is 30.5 Å². The minimum absolute atomic E-state index is 0.109. The summed E-state index contributed by atoms with van der Waals surface area (Å²) in [5, 5.41) is 22.6. The fourth-order valence-corrected chi connectivity index (χ4v) is 11.1. The van der Waals surface area contributed by atoms with E-state index in [0.717, 1.165) is 27.9 Å². The molecule has 0 radical (unpaired) electrons. The number of carbonyl (C=O) groups is 1. The van der Waals surface area contributed by atoms with Gasteiger partial charge in [-0.2, -0.15) is 0 Å². The number of halogens is 1. The van der Waals surface area contributed by atoms with Gasteiger partial charge in [0.05, 0.1) is 53.1 Å². The second-order valence-electron chi connectivity index (χ2n) is 14.5. The molecule has 0 aliphatic carbocycles. The van der Waals surface area contributed by atoms with Crippen molar-refractivity contribution in [3.8, 4) is 5.69 Å². The van der Waals surface area contributed by atoms with Gasteiger partial charge in [0.1, 0.15) is 0 Å². The lowest BCUT2D eigenvalue weighted by molar-refractivity contribution is -0.146. The van der Waals surface area contributed by atoms with Gasteiger partial charge < -0.3 is 18.9 Å². The lowest BCUT2D eigenvalue weighted by Gasteiger charge is -2.31. The van der Waals surface area contributed by atoms with Crippen LogP contribution in [-0.2, 0) is 28.2 Å². The number of nitrogens with one attached hydrogen (secondary N) is 1. The third-order valence-corrected chi connectivity index (χ3v) is 13.4. The maximum Gasteiger partial charge on any atom is 0.279 e. The Morgan fingerprint density at radius 1 is 0.981 bits per heavy atom. The van der Waals surface area contributed by atoms with Crippen molar-refractivity contribution in [3.63, 3.8) is 0 Å². The summed E-state index contributed by atoms with van der Waals surface area (Å²) in [5.41, 5.74) is 3.36. The van der Waals surface area contributed by atoms with E-state index in [4.69, 9.17) is 4.74 Å². The predicted octanol–water partition coefficient (Wildman–Crippen LogP) is 6.45. The van der Waals surface area contributed by atoms with Crippen molar-refractivity contribution >= 4 is 30.9 Å². The number of nitrogens with zero attached hydrogens (tertiary/aromatic N) is 5. The largest absolute Gasteiger partial charge is 0.395 e. The highest BCUT2D eigenvalue weighted by molar-refractivity contribution is 6.72. The number of fused-ring (bicyclic) bond motifs is 3. The molecule has 1 spiro atoms. The number of carbonyl (C=O) groups excluding carboxylic acids is 1. The standard InChI is InChI=1S/C40H41FN6O4Si/c1-26-37(52(2,3)41)36(20-21-45-24-34(42-44-45)31(25-48)28-13-5-4-6-14-28)51-40(26)32-17-8-10-19-35(32)46(39(40)50)23-27-12-11-15-29(22-27)47-38(49)30-16-7-9-18-33(30)43-47/h4-19,22,24,26,31,36-37,43,48H,20-21,23,25H2,1-3H3/t26-,31?,36+,37-,40+/m0/s1. The number of para-hydroxylation sites is 2. The van der Waals surface area contributed by atoms with Crippen LogP contribution in [0.15, 0.2) is 114 Å². The maximum absolute atomic E-state index is 16.4. The van der Waals surface area contributed by atoms with E-state index < -0.39 is 31.6 Å². The number of anilines is 1. The van der Waals surface area contributed by atoms with Crippen LogP contribution in [0.3, 0.4) is 0 Å². The van der Waals surface area contributed by atoms with E-state index in [1.165, 1.54) is 4.68 Å². The molecule has 0 saturated carbocycles. The lowest BCUT2D eigenvalue weighted by atomic mass is 9.82. The van der Waals surface area contributed by atoms with Gasteiger partial charge in [-0.05, 0) is 61.0 Å². The molecule has 6 aromatic rings. The Morgan fingerprint density at radius 3 is 2.50 bits per heavy atom. The summed E-state index contributed by atoms with van der Waals surface area (Å²) < 4.78 is 26.6. The second kappa shape index (κ2) is 13.1. The summed E-state index contributed by atoms with van der Waals surface area (Å²) in [6, 6.07) is 32.3. The average Bonchev–Trinajstić information content (AvgIpc) is 3.89. The molecule has 2 aliphatic heterocycles. The molecule has 1 fully saturated rings. The van der Waals surface area contributed by atoms with Crippen molar-refractivity contribution in [1.82, 2.24) is 24.8 Å². The number of aromatic nitrogens is 5. The lowest BCUT2D eigenvalue weighted by Crippen LogP contribution is -2.45. The first kappa shape index (κ1) is 33.9. The molecule has 0 bridgehead atoms. The number of benzene rings is 4. The topological polar surface area (TPSA) is 118 Å². The van der Waals surface area contributed by atoms with Gasteiger partial charge in [-0.15, -0.1) is 5.10 Å². The maximum atomic E-state index is 16.4. The first-order valence-electron chi connectivity index (χ1n) is 17.7. The van der Waals surface area contributed by atoms with Crippen LogP contribution >= 0.6 is 0 Å². The minimum atomic E-state index is -3.37. The zero-order chi connectivity index (χ0) is 36.2. The van der Waals surface area contributed by atoms with E-state index in [9.17, 15) is 14.7 Å². The zero-order valence-corrected chi connectivity index (χ0v) is 30.3. The number of aromatic amines is 1. The van der Waals surface area contributed by atoms with Gasteiger partial charge in [-0.1, -0.05) is 84.9 Å². The van der Waals surface area contributed by atoms with Gasteiger partial charge in [-0.3, -0.25) is 19.4 Å². The van der Waals surface area contributed by atoms with Crippen LogP contribution < -0.4 is 10.5 Å². The number of amides is 1. The fraction of sp³-hybridized carbons (Fsp3) is 0.300. The van der Waals surface area contributed by atoms with E-state index >= 15 is 4.11 Å². The Bertz CT molecular complexity index is 2320. The molecule has 10 nitrogen and oxygen atoms in total. The van der Waals surface area contributed by atoms with Gasteiger partial charge >= 0.3 is 0 Å². The van der Waals surface area contributed by atoms with E-state index in [0.29, 0.717) is 29.7 Å². The first-order valence-corrected chi connectivity index (χ1v) is 20.7. The van der Waals surface area contributed by atoms with Gasteiger partial charge in [0.2, 0.25) is 8.41 Å². The fourth-order valence-electron chi connectivity index (χ4n) is 8.54. The summed E-state index contributed by atoms with van der Waals surface area (Å²) in [4.78, 5) is 29.8. The van der Waals surface area contributed by atoms with Crippen LogP contribution in [0.2, 0.25) is 18.6 Å². The van der Waals surface area contributed by atoms with Crippen LogP contribution in [0.1, 0.15) is 41.6 Å². The smallest absolute Gasteiger partial charge is 0.279 e. The molecule has 1 saturated heterocycles. The Balaban J connectivity index is 1.07. The molecule has 4 aromatic carbocycles. The van der Waals surface area contributed by atoms with Crippen LogP contribution in [0.4, 0.5) is 9.80 Å². The third-order valence-electron chi connectivity index (χ3n) is 10.9. The Morgan fingerprint density at radius 2 is 1.73 bits per heavy atom. The number of ether oxygens (including phenoxy) is 1. The Labute approximate surface area is 301 Å². The molecular formula is C40H41FN6O4Si. The quantitative estimate of drug-likeness (QED) is 0.124. The minimum Gasteiger partial charge on any atom is -0.395 e. The van der Waals surface area contributed by atoms with Gasteiger partial charge in [0, 0.05) is 29.8 Å². The molecule has 1 unspecified atom stereocenters. The summed E-state index contributed by atoms with van der Waals surface area (Å²) in [5.74, 6) is -0.951. The van der Waals surface area contributed by atoms with E-state index in [2.05, 4.69) is 15.4 Å². The summed E-state index contributed by atoms with van der Waals surface area (Å²) >= 11 is 0. The number of hydrogen-bond acceptors (Lipinski definition) is 6. The first-order chi connectivity index (χ1) is 25.1. The van der Waals surface area contributed by atoms with Crippen LogP contribution in [0.5, 0.6) is 0 Å². The Hall–Kier alpha value is -5.17. The molecule has 52 heavy (non-hydrogen) atoms. The number of aryl methyl sites for hydroxylation is 1. The molecule has 2 aliphatic rings. The highest BCUT2D eigenvalue weighted by Crippen LogP contribution is 2.60. The zero-order valence-electron chi connectivity index (χ0n) is 29.3. The highest BCUT2D eigenvalue weighted by Gasteiger charge is 2.66. The Kier molecular flexibility index (Phi) is 8.55. The van der Waals surface area contributed by atoms with Crippen molar-refractivity contribution in [3.05, 3.63) is 142 Å². The van der Waals surface area contributed by atoms with Crippen molar-refractivity contribution < 1.29 is 18.7 Å². The van der Waals surface area contributed by atoms with Crippen LogP contribution in [0.25, 0.3) is 16.6 Å². The normalized spacial score (nSPS) is 22.1. The van der Waals surface area contributed by atoms with Crippen LogP contribution in [0, 0.1) is 5.92 Å². The molecule has 1 amide bonds. The van der Waals surface area contributed by atoms with Crippen LogP contribution in [-0.4, -0.2) is 56.9 Å².